The van der Waals surface area contributed by atoms with E-state index in [1.165, 1.54) is 0 Å². The first-order valence-electron chi connectivity index (χ1n) is 4.63. The van der Waals surface area contributed by atoms with E-state index in [2.05, 4.69) is 12.2 Å². The van der Waals surface area contributed by atoms with Crippen LogP contribution in [-0.4, -0.2) is 25.7 Å². The Kier molecular flexibility index (Phi) is 6.08. The minimum atomic E-state index is -0.0218. The fourth-order valence-corrected chi connectivity index (χ4v) is 1.61. The van der Waals surface area contributed by atoms with Crippen LogP contribution in [0.2, 0.25) is 0 Å². The molecule has 1 saturated heterocycles. The van der Waals surface area contributed by atoms with Gasteiger partial charge in [-0.15, -0.1) is 12.4 Å². The summed E-state index contributed by atoms with van der Waals surface area (Å²) in [6.45, 7) is 6.31. The third-order valence-corrected chi connectivity index (χ3v) is 2.37. The SMILES string of the molecule is CCOC(=O)[C@H]1CCNC[C@H]1C.Cl. The maximum atomic E-state index is 11.4. The summed E-state index contributed by atoms with van der Waals surface area (Å²) in [5.41, 5.74) is 0. The van der Waals surface area contributed by atoms with Crippen molar-refractivity contribution >= 4 is 18.4 Å². The molecular formula is C9H18ClNO2. The molecule has 13 heavy (non-hydrogen) atoms. The molecule has 0 aliphatic carbocycles. The largest absolute Gasteiger partial charge is 0.466 e. The van der Waals surface area contributed by atoms with Gasteiger partial charge in [0.05, 0.1) is 12.5 Å². The smallest absolute Gasteiger partial charge is 0.309 e. The summed E-state index contributed by atoms with van der Waals surface area (Å²) >= 11 is 0. The number of nitrogens with one attached hydrogen (secondary N) is 1. The lowest BCUT2D eigenvalue weighted by Gasteiger charge is -2.27. The van der Waals surface area contributed by atoms with Gasteiger partial charge in [0, 0.05) is 0 Å². The number of esters is 1. The van der Waals surface area contributed by atoms with Crippen LogP contribution in [0.1, 0.15) is 20.3 Å². The minimum absolute atomic E-state index is 0. The molecule has 0 bridgehead atoms. The van der Waals surface area contributed by atoms with Crippen molar-refractivity contribution in [3.05, 3.63) is 0 Å². The predicted molar refractivity (Wildman–Crippen MR) is 54.0 cm³/mol. The van der Waals surface area contributed by atoms with Gasteiger partial charge in [0.1, 0.15) is 0 Å². The molecule has 0 aromatic rings. The van der Waals surface area contributed by atoms with Crippen LogP contribution in [0.25, 0.3) is 0 Å². The van der Waals surface area contributed by atoms with E-state index < -0.39 is 0 Å². The molecule has 0 spiro atoms. The average Bonchev–Trinajstić information content (AvgIpc) is 2.05. The first kappa shape index (κ1) is 12.7. The summed E-state index contributed by atoms with van der Waals surface area (Å²) in [4.78, 5) is 11.4. The Bertz CT molecular complexity index is 164. The molecule has 3 nitrogen and oxygen atoms in total. The molecule has 1 aliphatic heterocycles. The molecule has 1 aliphatic rings. The fraction of sp³-hybridized carbons (Fsp3) is 0.889. The van der Waals surface area contributed by atoms with Crippen molar-refractivity contribution in [2.45, 2.75) is 20.3 Å². The lowest BCUT2D eigenvalue weighted by atomic mass is 9.88. The van der Waals surface area contributed by atoms with Crippen molar-refractivity contribution in [1.82, 2.24) is 5.32 Å². The monoisotopic (exact) mass is 207 g/mol. The number of carbonyl (C=O) groups excluding carboxylic acids is 1. The van der Waals surface area contributed by atoms with Gasteiger partial charge in [-0.05, 0) is 32.4 Å². The molecule has 2 atom stereocenters. The van der Waals surface area contributed by atoms with E-state index >= 15 is 0 Å². The molecular weight excluding hydrogens is 190 g/mol. The Labute approximate surface area is 85.6 Å². The van der Waals surface area contributed by atoms with Gasteiger partial charge < -0.3 is 10.1 Å². The molecule has 1 fully saturated rings. The molecule has 1 N–H and O–H groups in total. The highest BCUT2D eigenvalue weighted by atomic mass is 35.5. The van der Waals surface area contributed by atoms with Crippen molar-refractivity contribution in [1.29, 1.82) is 0 Å². The van der Waals surface area contributed by atoms with E-state index in [-0.39, 0.29) is 24.3 Å². The zero-order chi connectivity index (χ0) is 8.97. The molecule has 0 unspecified atom stereocenters. The van der Waals surface area contributed by atoms with E-state index in [0.717, 1.165) is 19.5 Å². The molecule has 0 radical (unpaired) electrons. The van der Waals surface area contributed by atoms with E-state index in [1.54, 1.807) is 0 Å². The van der Waals surface area contributed by atoms with Gasteiger partial charge in [0.25, 0.3) is 0 Å². The number of halogens is 1. The summed E-state index contributed by atoms with van der Waals surface area (Å²) in [5.74, 6) is 0.510. The van der Waals surface area contributed by atoms with Crippen LogP contribution in [0.5, 0.6) is 0 Å². The first-order chi connectivity index (χ1) is 5.75. The number of carbonyl (C=O) groups is 1. The van der Waals surface area contributed by atoms with Gasteiger partial charge in [-0.3, -0.25) is 4.79 Å². The zero-order valence-electron chi connectivity index (χ0n) is 8.21. The molecule has 78 valence electrons. The molecule has 0 saturated carbocycles. The quantitative estimate of drug-likeness (QED) is 0.692. The maximum absolute atomic E-state index is 11.4. The van der Waals surface area contributed by atoms with Crippen molar-refractivity contribution < 1.29 is 9.53 Å². The lowest BCUT2D eigenvalue weighted by molar-refractivity contribution is -0.150. The van der Waals surface area contributed by atoms with Gasteiger partial charge in [-0.2, -0.15) is 0 Å². The Morgan fingerprint density at radius 2 is 2.31 bits per heavy atom. The van der Waals surface area contributed by atoms with Crippen LogP contribution in [-0.2, 0) is 9.53 Å². The van der Waals surface area contributed by atoms with E-state index in [1.807, 2.05) is 6.92 Å². The standard InChI is InChI=1S/C9H17NO2.ClH/c1-3-12-9(11)8-4-5-10-6-7(8)2;/h7-8,10H,3-6H2,1-2H3;1H/t7-,8+;/m1./s1. The third-order valence-electron chi connectivity index (χ3n) is 2.37. The number of ether oxygens (including phenoxy) is 1. The summed E-state index contributed by atoms with van der Waals surface area (Å²) in [5, 5.41) is 3.25. The van der Waals surface area contributed by atoms with Crippen LogP contribution in [0, 0.1) is 11.8 Å². The van der Waals surface area contributed by atoms with Crippen molar-refractivity contribution in [3.63, 3.8) is 0 Å². The molecule has 4 heteroatoms. The second kappa shape index (κ2) is 6.22. The zero-order valence-corrected chi connectivity index (χ0v) is 9.02. The Morgan fingerprint density at radius 1 is 1.62 bits per heavy atom. The normalized spacial score (nSPS) is 27.5. The molecule has 0 aromatic carbocycles. The highest BCUT2D eigenvalue weighted by Gasteiger charge is 2.28. The number of hydrogen-bond acceptors (Lipinski definition) is 3. The second-order valence-corrected chi connectivity index (χ2v) is 3.33. The molecule has 0 aromatic heterocycles. The van der Waals surface area contributed by atoms with Crippen LogP contribution in [0.15, 0.2) is 0 Å². The Balaban J connectivity index is 0.00000144. The van der Waals surface area contributed by atoms with Crippen LogP contribution < -0.4 is 5.32 Å². The minimum Gasteiger partial charge on any atom is -0.466 e. The van der Waals surface area contributed by atoms with Gasteiger partial charge in [0.15, 0.2) is 0 Å². The summed E-state index contributed by atoms with van der Waals surface area (Å²) in [6, 6.07) is 0. The molecule has 1 rings (SSSR count). The van der Waals surface area contributed by atoms with Crippen molar-refractivity contribution in [2.24, 2.45) is 11.8 Å². The lowest BCUT2D eigenvalue weighted by Crippen LogP contribution is -2.39. The highest BCUT2D eigenvalue weighted by Crippen LogP contribution is 2.19. The number of piperidine rings is 1. The third kappa shape index (κ3) is 3.53. The van der Waals surface area contributed by atoms with Crippen LogP contribution >= 0.6 is 12.4 Å². The van der Waals surface area contributed by atoms with Crippen LogP contribution in [0.3, 0.4) is 0 Å². The highest BCUT2D eigenvalue weighted by molar-refractivity contribution is 5.85. The maximum Gasteiger partial charge on any atom is 0.309 e. The van der Waals surface area contributed by atoms with Crippen LogP contribution in [0.4, 0.5) is 0 Å². The predicted octanol–water partition coefficient (Wildman–Crippen LogP) is 1.22. The van der Waals surface area contributed by atoms with E-state index in [0.29, 0.717) is 12.5 Å². The van der Waals surface area contributed by atoms with Gasteiger partial charge in [-0.25, -0.2) is 0 Å². The second-order valence-electron chi connectivity index (χ2n) is 3.33. The Morgan fingerprint density at radius 3 is 2.85 bits per heavy atom. The number of hydrogen-bond donors (Lipinski definition) is 1. The first-order valence-corrected chi connectivity index (χ1v) is 4.63. The topological polar surface area (TPSA) is 38.3 Å². The van der Waals surface area contributed by atoms with Gasteiger partial charge >= 0.3 is 5.97 Å². The van der Waals surface area contributed by atoms with Gasteiger partial charge in [0.2, 0.25) is 0 Å². The van der Waals surface area contributed by atoms with E-state index in [4.69, 9.17) is 4.74 Å². The summed E-state index contributed by atoms with van der Waals surface area (Å²) < 4.78 is 4.99. The van der Waals surface area contributed by atoms with E-state index in [9.17, 15) is 4.79 Å². The molecule has 0 amide bonds. The summed E-state index contributed by atoms with van der Waals surface area (Å²) in [6.07, 6.45) is 0.917. The Hall–Kier alpha value is -0.280. The summed E-state index contributed by atoms with van der Waals surface area (Å²) in [7, 11) is 0. The fourth-order valence-electron chi connectivity index (χ4n) is 1.61. The van der Waals surface area contributed by atoms with Gasteiger partial charge in [-0.1, -0.05) is 6.92 Å². The molecule has 1 heterocycles. The number of rotatable bonds is 2. The van der Waals surface area contributed by atoms with Crippen molar-refractivity contribution in [3.8, 4) is 0 Å². The average molecular weight is 208 g/mol. The van der Waals surface area contributed by atoms with Crippen molar-refractivity contribution in [2.75, 3.05) is 19.7 Å².